The molecule has 0 aromatic heterocycles. The van der Waals surface area contributed by atoms with Gasteiger partial charge in [-0.25, -0.2) is 17.2 Å². The van der Waals surface area contributed by atoms with E-state index in [1.165, 1.54) is 24.3 Å². The largest absolute Gasteiger partial charge is 0.457 e. The van der Waals surface area contributed by atoms with Crippen molar-refractivity contribution in [2.45, 2.75) is 43.6 Å². The van der Waals surface area contributed by atoms with Crippen molar-refractivity contribution in [3.8, 4) is 11.5 Å². The number of hydrogen-bond acceptors (Lipinski definition) is 4. The molecule has 4 aliphatic rings. The van der Waals surface area contributed by atoms with Crippen molar-refractivity contribution >= 4 is 15.9 Å². The van der Waals surface area contributed by atoms with Gasteiger partial charge < -0.3 is 9.64 Å². The van der Waals surface area contributed by atoms with Crippen LogP contribution in [0.25, 0.3) is 0 Å². The SMILES string of the molecule is O=S1(=O)CCN2C(=N1)C1(c3ccc(Oc4ccc(C(F)F)cc4)cc3)CCC2CC1. The number of piperidine rings is 2. The fourth-order valence-corrected chi connectivity index (χ4v) is 6.04. The smallest absolute Gasteiger partial charge is 0.263 e. The highest BCUT2D eigenvalue weighted by molar-refractivity contribution is 7.90. The topological polar surface area (TPSA) is 59.0 Å². The second kappa shape index (κ2) is 7.04. The highest BCUT2D eigenvalue weighted by Crippen LogP contribution is 2.49. The molecule has 0 atom stereocenters. The third-order valence-corrected chi connectivity index (χ3v) is 7.69. The lowest BCUT2D eigenvalue weighted by molar-refractivity contribution is 0.151. The van der Waals surface area contributed by atoms with Gasteiger partial charge in [-0.1, -0.05) is 12.1 Å². The molecule has 0 spiro atoms. The molecule has 3 fully saturated rings. The minimum Gasteiger partial charge on any atom is -0.457 e. The molecule has 1 saturated carbocycles. The number of alkyl halides is 2. The van der Waals surface area contributed by atoms with Crippen molar-refractivity contribution in [2.75, 3.05) is 12.3 Å². The van der Waals surface area contributed by atoms with E-state index in [1.807, 2.05) is 24.3 Å². The summed E-state index contributed by atoms with van der Waals surface area (Å²) in [5.41, 5.74) is 0.624. The van der Waals surface area contributed by atoms with Crippen LogP contribution < -0.4 is 4.74 Å². The summed E-state index contributed by atoms with van der Waals surface area (Å²) in [6, 6.07) is 13.8. The molecule has 2 aromatic rings. The first kappa shape index (κ1) is 19.5. The van der Waals surface area contributed by atoms with E-state index >= 15 is 0 Å². The van der Waals surface area contributed by atoms with Crippen LogP contribution in [0.15, 0.2) is 52.9 Å². The summed E-state index contributed by atoms with van der Waals surface area (Å²) in [6.07, 6.45) is 1.34. The molecule has 1 aliphatic carbocycles. The maximum atomic E-state index is 12.7. The van der Waals surface area contributed by atoms with Gasteiger partial charge >= 0.3 is 0 Å². The molecule has 158 valence electrons. The summed E-state index contributed by atoms with van der Waals surface area (Å²) in [6.45, 7) is 0.517. The Balaban J connectivity index is 1.42. The van der Waals surface area contributed by atoms with Crippen LogP contribution in [-0.2, 0) is 15.4 Å². The molecule has 6 rings (SSSR count). The summed E-state index contributed by atoms with van der Waals surface area (Å²) < 4.78 is 59.8. The third kappa shape index (κ3) is 3.27. The Hall–Kier alpha value is -2.48. The van der Waals surface area contributed by atoms with Crippen molar-refractivity contribution in [1.29, 1.82) is 0 Å². The maximum Gasteiger partial charge on any atom is 0.263 e. The molecule has 30 heavy (non-hydrogen) atoms. The Morgan fingerprint density at radius 3 is 2.20 bits per heavy atom. The molecule has 5 nitrogen and oxygen atoms in total. The normalized spacial score (nSPS) is 27.0. The molecular weight excluding hydrogens is 410 g/mol. The Morgan fingerprint density at radius 2 is 1.60 bits per heavy atom. The molecule has 0 amide bonds. The zero-order chi connectivity index (χ0) is 20.9. The van der Waals surface area contributed by atoms with Crippen LogP contribution in [0, 0.1) is 0 Å². The van der Waals surface area contributed by atoms with Crippen molar-refractivity contribution in [2.24, 2.45) is 4.40 Å². The number of ether oxygens (including phenoxy) is 1. The number of benzene rings is 2. The molecule has 3 aliphatic heterocycles. The number of halogens is 2. The molecule has 2 aromatic carbocycles. The van der Waals surface area contributed by atoms with E-state index < -0.39 is 16.4 Å². The first-order valence-corrected chi connectivity index (χ1v) is 11.7. The van der Waals surface area contributed by atoms with Crippen molar-refractivity contribution in [3.05, 3.63) is 59.7 Å². The van der Waals surface area contributed by atoms with E-state index in [1.54, 1.807) is 0 Å². The number of hydrogen-bond donors (Lipinski definition) is 0. The van der Waals surface area contributed by atoms with Crippen LogP contribution >= 0.6 is 0 Å². The lowest BCUT2D eigenvalue weighted by Crippen LogP contribution is -2.62. The number of sulfonamides is 1. The van der Waals surface area contributed by atoms with Gasteiger partial charge in [0, 0.05) is 18.2 Å². The fraction of sp³-hybridized carbons (Fsp3) is 0.409. The zero-order valence-electron chi connectivity index (χ0n) is 16.3. The average Bonchev–Trinajstić information content (AvgIpc) is 2.74. The van der Waals surface area contributed by atoms with E-state index in [-0.39, 0.29) is 16.7 Å². The predicted octanol–water partition coefficient (Wildman–Crippen LogP) is 4.65. The fourth-order valence-electron chi connectivity index (χ4n) is 4.98. The summed E-state index contributed by atoms with van der Waals surface area (Å²) in [5, 5.41) is 0. The van der Waals surface area contributed by atoms with E-state index in [0.717, 1.165) is 31.2 Å². The van der Waals surface area contributed by atoms with Gasteiger partial charge in [0.25, 0.3) is 16.4 Å². The van der Waals surface area contributed by atoms with Gasteiger partial charge in [-0.15, -0.1) is 4.40 Å². The lowest BCUT2D eigenvalue weighted by atomic mass is 9.63. The first-order chi connectivity index (χ1) is 14.4. The van der Waals surface area contributed by atoms with Gasteiger partial charge in [0.15, 0.2) is 0 Å². The Bertz CT molecular complexity index is 1070. The van der Waals surface area contributed by atoms with Crippen LogP contribution in [0.5, 0.6) is 11.5 Å². The van der Waals surface area contributed by atoms with E-state index in [2.05, 4.69) is 9.30 Å². The van der Waals surface area contributed by atoms with Gasteiger partial charge in [-0.05, 0) is 67.6 Å². The van der Waals surface area contributed by atoms with Crippen molar-refractivity contribution in [3.63, 3.8) is 0 Å². The Labute approximate surface area is 174 Å². The molecule has 2 saturated heterocycles. The second-order valence-electron chi connectivity index (χ2n) is 8.20. The number of rotatable bonds is 4. The minimum atomic E-state index is -3.41. The van der Waals surface area contributed by atoms with E-state index in [4.69, 9.17) is 4.74 Å². The second-order valence-corrected chi connectivity index (χ2v) is 9.96. The average molecular weight is 432 g/mol. The Morgan fingerprint density at radius 1 is 1.00 bits per heavy atom. The quantitative estimate of drug-likeness (QED) is 0.706. The number of nitrogens with zero attached hydrogens (tertiary/aromatic N) is 2. The summed E-state index contributed by atoms with van der Waals surface area (Å²) >= 11 is 0. The molecular formula is C22H22F2N2O3S. The summed E-state index contributed by atoms with van der Waals surface area (Å²) in [5.74, 6) is 1.87. The van der Waals surface area contributed by atoms with Gasteiger partial charge in [0.2, 0.25) is 0 Å². The van der Waals surface area contributed by atoms with E-state index in [0.29, 0.717) is 29.9 Å². The standard InChI is InChI=1S/C22H22F2N2O3S/c23-20(24)15-1-5-18(6-2-15)29-19-7-3-16(4-8-19)22-11-9-17(10-12-22)26-13-14-30(27,28)25-21(22)26/h1-8,17,20H,9-14H2. The number of amidine groups is 1. The van der Waals surface area contributed by atoms with Crippen LogP contribution in [0.1, 0.15) is 43.2 Å². The maximum absolute atomic E-state index is 12.7. The van der Waals surface area contributed by atoms with Crippen LogP contribution in [0.3, 0.4) is 0 Å². The van der Waals surface area contributed by atoms with Crippen LogP contribution in [-0.4, -0.2) is 37.5 Å². The molecule has 0 unspecified atom stereocenters. The van der Waals surface area contributed by atoms with Gasteiger partial charge in [-0.3, -0.25) is 0 Å². The number of fused-ring (bicyclic) bond motifs is 2. The van der Waals surface area contributed by atoms with E-state index in [9.17, 15) is 17.2 Å². The predicted molar refractivity (Wildman–Crippen MR) is 110 cm³/mol. The van der Waals surface area contributed by atoms with Crippen molar-refractivity contribution in [1.82, 2.24) is 4.90 Å². The summed E-state index contributed by atoms with van der Waals surface area (Å²) in [4.78, 5) is 2.20. The highest BCUT2D eigenvalue weighted by atomic mass is 32.2. The zero-order valence-corrected chi connectivity index (χ0v) is 17.1. The minimum absolute atomic E-state index is 0.0440. The summed E-state index contributed by atoms with van der Waals surface area (Å²) in [7, 11) is -3.41. The van der Waals surface area contributed by atoms with Gasteiger partial charge in [-0.2, -0.15) is 0 Å². The van der Waals surface area contributed by atoms with Gasteiger partial charge in [0.1, 0.15) is 17.3 Å². The lowest BCUT2D eigenvalue weighted by Gasteiger charge is -2.55. The first-order valence-electron chi connectivity index (χ1n) is 10.1. The Kier molecular flexibility index (Phi) is 4.57. The molecule has 0 radical (unpaired) electrons. The van der Waals surface area contributed by atoms with Crippen molar-refractivity contribution < 1.29 is 21.9 Å². The highest BCUT2D eigenvalue weighted by Gasteiger charge is 2.52. The van der Waals surface area contributed by atoms with Crippen LogP contribution in [0.2, 0.25) is 0 Å². The monoisotopic (exact) mass is 432 g/mol. The third-order valence-electron chi connectivity index (χ3n) is 6.54. The molecule has 8 heteroatoms. The van der Waals surface area contributed by atoms with Crippen LogP contribution in [0.4, 0.5) is 8.78 Å². The molecule has 0 N–H and O–H groups in total. The van der Waals surface area contributed by atoms with Gasteiger partial charge in [0.05, 0.1) is 11.2 Å². The molecule has 3 heterocycles. The molecule has 2 bridgehead atoms.